The van der Waals surface area contributed by atoms with Crippen LogP contribution >= 0.6 is 0 Å². The van der Waals surface area contributed by atoms with E-state index in [-0.39, 0.29) is 18.2 Å². The van der Waals surface area contributed by atoms with E-state index in [4.69, 9.17) is 5.11 Å². The Balaban J connectivity index is 2.79. The van der Waals surface area contributed by atoms with E-state index in [1.807, 2.05) is 0 Å². The van der Waals surface area contributed by atoms with Crippen molar-refractivity contribution in [2.24, 2.45) is 0 Å². The van der Waals surface area contributed by atoms with Gasteiger partial charge in [0.15, 0.2) is 12.6 Å². The van der Waals surface area contributed by atoms with Crippen molar-refractivity contribution in [3.05, 3.63) is 11.6 Å². The van der Waals surface area contributed by atoms with Crippen LogP contribution in [-0.4, -0.2) is 36.0 Å². The van der Waals surface area contributed by atoms with Gasteiger partial charge in [-0.1, -0.05) is 25.8 Å². The summed E-state index contributed by atoms with van der Waals surface area (Å²) in [6.07, 6.45) is 6.08. The zero-order chi connectivity index (χ0) is 12.8. The zero-order valence-electron chi connectivity index (χ0n) is 9.92. The minimum Gasteiger partial charge on any atom is -0.478 e. The van der Waals surface area contributed by atoms with E-state index in [0.717, 1.165) is 25.7 Å². The monoisotopic (exact) mass is 260 g/mol. The van der Waals surface area contributed by atoms with Crippen molar-refractivity contribution in [3.63, 3.8) is 0 Å². The van der Waals surface area contributed by atoms with Gasteiger partial charge >= 0.3 is 16.5 Å². The Morgan fingerprint density at radius 3 is 2.76 bits per heavy atom. The molecule has 0 bridgehead atoms. The molecular weight excluding hydrogens is 242 g/mol. The number of unbranched alkanes of at least 4 members (excludes halogenated alkanes) is 2. The van der Waals surface area contributed by atoms with E-state index in [1.54, 1.807) is 6.08 Å². The molecule has 96 valence electrons. The van der Waals surface area contributed by atoms with E-state index in [2.05, 4.69) is 6.92 Å². The second-order valence-electron chi connectivity index (χ2n) is 4.21. The first kappa shape index (κ1) is 13.9. The molecule has 0 spiro atoms. The van der Waals surface area contributed by atoms with Gasteiger partial charge in [-0.05, 0) is 6.42 Å². The van der Waals surface area contributed by atoms with Crippen LogP contribution in [0.1, 0.15) is 39.0 Å². The second-order valence-corrected chi connectivity index (χ2v) is 5.12. The van der Waals surface area contributed by atoms with Crippen molar-refractivity contribution < 1.29 is 22.3 Å². The molecule has 1 aliphatic heterocycles. The van der Waals surface area contributed by atoms with Gasteiger partial charge in [0, 0.05) is 12.8 Å². The highest BCUT2D eigenvalue weighted by molar-refractivity contribution is 7.58. The second kappa shape index (κ2) is 6.54. The fraction of sp³-hybridized carbons (Fsp3) is 0.727. The van der Waals surface area contributed by atoms with Crippen LogP contribution in [0.15, 0.2) is 11.6 Å². The number of nitrogens with zero attached hydrogens (tertiary/aromatic N) is 1. The molecule has 0 aromatic rings. The van der Waals surface area contributed by atoms with Gasteiger partial charge in [0.25, 0.3) is 0 Å². The van der Waals surface area contributed by atoms with Crippen LogP contribution in [-0.2, 0) is 15.3 Å². The lowest BCUT2D eigenvalue weighted by Gasteiger charge is -2.15. The number of hydrogen-bond donors (Lipinski definition) is 1. The summed E-state index contributed by atoms with van der Waals surface area (Å²) in [6, 6.07) is -0.0806. The van der Waals surface area contributed by atoms with Crippen LogP contribution in [0.4, 0.5) is 0 Å². The Morgan fingerprint density at radius 2 is 2.24 bits per heavy atom. The third kappa shape index (κ3) is 3.96. The van der Waals surface area contributed by atoms with Crippen molar-refractivity contribution in [1.82, 2.24) is 0 Å². The lowest BCUT2D eigenvalue weighted by Crippen LogP contribution is -2.32. The standard InChI is InChI=1S/C11H17NO4S/c1-2-3-4-5-10-7-6-9(11(13)14)8-12(10)17(15)16/h6,10H,2-5,7-8H2,1H3/p+1. The van der Waals surface area contributed by atoms with Gasteiger partial charge in [0.05, 0.1) is 5.57 Å². The van der Waals surface area contributed by atoms with Crippen LogP contribution in [0.5, 0.6) is 0 Å². The maximum Gasteiger partial charge on any atom is 0.459 e. The summed E-state index contributed by atoms with van der Waals surface area (Å²) in [6.45, 7) is 2.08. The average Bonchev–Trinajstić information content (AvgIpc) is 2.29. The van der Waals surface area contributed by atoms with Gasteiger partial charge in [-0.3, -0.25) is 0 Å². The molecule has 0 saturated heterocycles. The minimum atomic E-state index is -2.35. The van der Waals surface area contributed by atoms with Crippen molar-refractivity contribution in [2.45, 2.75) is 45.1 Å². The molecule has 0 aromatic carbocycles. The third-order valence-electron chi connectivity index (χ3n) is 2.98. The fourth-order valence-corrected chi connectivity index (χ4v) is 2.66. The van der Waals surface area contributed by atoms with Gasteiger partial charge in [-0.25, -0.2) is 4.79 Å². The Morgan fingerprint density at radius 1 is 1.53 bits per heavy atom. The maximum absolute atomic E-state index is 11.1. The topological polar surface area (TPSA) is 74.4 Å². The summed E-state index contributed by atoms with van der Waals surface area (Å²) in [5.41, 5.74) is 0.168. The molecule has 0 fully saturated rings. The SMILES string of the molecule is CCCCCC1CC=C(C(=O)O)C[N+]1=S(=O)=O. The average molecular weight is 260 g/mol. The highest BCUT2D eigenvalue weighted by atomic mass is 32.2. The van der Waals surface area contributed by atoms with Crippen molar-refractivity contribution >= 4 is 16.5 Å². The Kier molecular flexibility index (Phi) is 5.34. The van der Waals surface area contributed by atoms with Crippen LogP contribution < -0.4 is 0 Å². The fourth-order valence-electron chi connectivity index (χ4n) is 1.98. The molecule has 1 unspecified atom stereocenters. The van der Waals surface area contributed by atoms with Gasteiger partial charge < -0.3 is 5.11 Å². The quantitative estimate of drug-likeness (QED) is 0.599. The van der Waals surface area contributed by atoms with Crippen molar-refractivity contribution in [2.75, 3.05) is 6.54 Å². The number of carboxylic acid groups (broad SMARTS) is 1. The van der Waals surface area contributed by atoms with Gasteiger partial charge in [0.1, 0.15) is 0 Å². The Bertz CT molecular complexity index is 442. The van der Waals surface area contributed by atoms with Gasteiger partial charge in [0.2, 0.25) is 0 Å². The van der Waals surface area contributed by atoms with E-state index in [0.29, 0.717) is 6.42 Å². The highest BCUT2D eigenvalue weighted by Crippen LogP contribution is 2.17. The number of aliphatic carboxylic acids is 1. The molecule has 1 atom stereocenters. The number of hydrogen-bond acceptors (Lipinski definition) is 3. The molecule has 0 saturated carbocycles. The van der Waals surface area contributed by atoms with Crippen molar-refractivity contribution in [1.29, 1.82) is 0 Å². The molecule has 0 radical (unpaired) electrons. The molecular formula is C11H18NO4S+. The van der Waals surface area contributed by atoms with Crippen LogP contribution in [0, 0.1) is 0 Å². The molecule has 0 aliphatic carbocycles. The van der Waals surface area contributed by atoms with E-state index in [1.165, 1.54) is 3.95 Å². The summed E-state index contributed by atoms with van der Waals surface area (Å²) in [5.74, 6) is -1.03. The lowest BCUT2D eigenvalue weighted by molar-refractivity contribution is -0.539. The van der Waals surface area contributed by atoms with Gasteiger partial charge in [-0.2, -0.15) is 0 Å². The van der Waals surface area contributed by atoms with E-state index >= 15 is 0 Å². The number of rotatable bonds is 5. The molecule has 6 heteroatoms. The van der Waals surface area contributed by atoms with Crippen LogP contribution in [0.25, 0.3) is 0 Å². The molecule has 0 aromatic heterocycles. The molecule has 5 nitrogen and oxygen atoms in total. The normalized spacial score (nSPS) is 19.9. The number of carboxylic acids is 1. The summed E-state index contributed by atoms with van der Waals surface area (Å²) >= 11 is 0. The Hall–Kier alpha value is -1.17. The summed E-state index contributed by atoms with van der Waals surface area (Å²) in [5, 5.41) is 8.84. The third-order valence-corrected chi connectivity index (χ3v) is 3.79. The van der Waals surface area contributed by atoms with Crippen LogP contribution in [0.2, 0.25) is 0 Å². The first-order valence-electron chi connectivity index (χ1n) is 5.84. The predicted octanol–water partition coefficient (Wildman–Crippen LogP) is 1.43. The number of carbonyl (C=O) groups is 1. The highest BCUT2D eigenvalue weighted by Gasteiger charge is 2.30. The Labute approximate surface area is 102 Å². The summed E-state index contributed by atoms with van der Waals surface area (Å²) in [4.78, 5) is 10.8. The molecule has 1 N–H and O–H groups in total. The van der Waals surface area contributed by atoms with Crippen molar-refractivity contribution in [3.8, 4) is 0 Å². The largest absolute Gasteiger partial charge is 0.478 e. The predicted molar refractivity (Wildman–Crippen MR) is 62.3 cm³/mol. The molecule has 0 amide bonds. The summed E-state index contributed by atoms with van der Waals surface area (Å²) in [7, 11) is -2.35. The maximum atomic E-state index is 11.1. The first-order valence-corrected chi connectivity index (χ1v) is 6.87. The molecule has 1 aliphatic rings. The first-order chi connectivity index (χ1) is 8.06. The van der Waals surface area contributed by atoms with E-state index < -0.39 is 16.5 Å². The molecule has 1 rings (SSSR count). The molecule has 17 heavy (non-hydrogen) atoms. The lowest BCUT2D eigenvalue weighted by atomic mass is 10.00. The smallest absolute Gasteiger partial charge is 0.459 e. The van der Waals surface area contributed by atoms with Crippen LogP contribution in [0.3, 0.4) is 0 Å². The minimum absolute atomic E-state index is 0.0117. The summed E-state index contributed by atoms with van der Waals surface area (Å²) < 4.78 is 23.4. The van der Waals surface area contributed by atoms with E-state index in [9.17, 15) is 13.2 Å². The zero-order valence-corrected chi connectivity index (χ0v) is 10.7. The van der Waals surface area contributed by atoms with Gasteiger partial charge in [-0.15, -0.1) is 12.4 Å². The molecule has 1 heterocycles.